The Kier molecular flexibility index (Phi) is 4.48. The molecule has 0 radical (unpaired) electrons. The molecule has 1 unspecified atom stereocenters. The summed E-state index contributed by atoms with van der Waals surface area (Å²) in [5, 5.41) is 0. The molecule has 1 aliphatic heterocycles. The molecule has 3 heteroatoms. The van der Waals surface area contributed by atoms with Crippen LogP contribution in [0.25, 0.3) is 0 Å². The van der Waals surface area contributed by atoms with Gasteiger partial charge in [0, 0.05) is 5.92 Å². The maximum atomic E-state index is 10.8. The van der Waals surface area contributed by atoms with Crippen LogP contribution in [0.4, 0.5) is 0 Å². The summed E-state index contributed by atoms with van der Waals surface area (Å²) in [7, 11) is 1.36. The van der Waals surface area contributed by atoms with Gasteiger partial charge >= 0.3 is 5.97 Å². The number of ether oxygens (including phenoxy) is 1. The van der Waals surface area contributed by atoms with Crippen LogP contribution in [0.5, 0.6) is 0 Å². The Morgan fingerprint density at radius 1 is 1.57 bits per heavy atom. The smallest absolute Gasteiger partial charge is 0.384 e. The molecule has 1 heterocycles. The number of hydrogen-bond donors (Lipinski definition) is 0. The molecule has 0 saturated carbocycles. The van der Waals surface area contributed by atoms with E-state index in [1.54, 1.807) is 0 Å². The van der Waals surface area contributed by atoms with Crippen molar-refractivity contribution in [2.24, 2.45) is 0 Å². The second kappa shape index (κ2) is 5.66. The topological polar surface area (TPSA) is 29.5 Å². The van der Waals surface area contributed by atoms with E-state index in [1.807, 2.05) is 0 Å². The average molecular weight is 195 g/mol. The molecule has 0 aromatic heterocycles. The zero-order valence-corrected chi connectivity index (χ0v) is 8.88. The summed E-state index contributed by atoms with van der Waals surface area (Å²) < 4.78 is 4.48. The maximum Gasteiger partial charge on any atom is 0.384 e. The van der Waals surface area contributed by atoms with E-state index >= 15 is 0 Å². The van der Waals surface area contributed by atoms with E-state index in [-0.39, 0.29) is 6.04 Å². The van der Waals surface area contributed by atoms with Gasteiger partial charge in [0.25, 0.3) is 0 Å². The Morgan fingerprint density at radius 2 is 2.36 bits per heavy atom. The molecular weight excluding hydrogens is 178 g/mol. The Labute approximate surface area is 85.4 Å². The second-order valence-electron chi connectivity index (χ2n) is 3.40. The van der Waals surface area contributed by atoms with Gasteiger partial charge in [-0.05, 0) is 32.4 Å². The highest BCUT2D eigenvalue weighted by molar-refractivity contribution is 5.88. The van der Waals surface area contributed by atoms with Gasteiger partial charge in [-0.3, -0.25) is 4.90 Å². The van der Waals surface area contributed by atoms with Crippen molar-refractivity contribution in [3.63, 3.8) is 0 Å². The van der Waals surface area contributed by atoms with Crippen molar-refractivity contribution in [2.45, 2.75) is 32.2 Å². The normalized spacial score (nSPS) is 22.3. The lowest BCUT2D eigenvalue weighted by Crippen LogP contribution is -2.38. The third-order valence-corrected chi connectivity index (χ3v) is 2.55. The number of methoxy groups -OCH3 is 1. The summed E-state index contributed by atoms with van der Waals surface area (Å²) >= 11 is 0. The van der Waals surface area contributed by atoms with Crippen LogP contribution in [0, 0.1) is 11.8 Å². The van der Waals surface area contributed by atoms with E-state index in [0.29, 0.717) is 0 Å². The fraction of sp³-hybridized carbons (Fsp3) is 0.727. The predicted molar refractivity (Wildman–Crippen MR) is 54.7 cm³/mol. The van der Waals surface area contributed by atoms with Crippen molar-refractivity contribution in [1.29, 1.82) is 0 Å². The van der Waals surface area contributed by atoms with Gasteiger partial charge in [-0.1, -0.05) is 12.8 Å². The van der Waals surface area contributed by atoms with Crippen LogP contribution >= 0.6 is 0 Å². The highest BCUT2D eigenvalue weighted by Gasteiger charge is 2.18. The van der Waals surface area contributed by atoms with E-state index in [0.717, 1.165) is 19.5 Å². The van der Waals surface area contributed by atoms with Gasteiger partial charge in [0.2, 0.25) is 0 Å². The molecule has 1 atom stereocenters. The number of hydrogen-bond acceptors (Lipinski definition) is 3. The summed E-state index contributed by atoms with van der Waals surface area (Å²) in [6.45, 7) is 4.22. The first-order valence-electron chi connectivity index (χ1n) is 5.11. The van der Waals surface area contributed by atoms with Crippen molar-refractivity contribution in [1.82, 2.24) is 4.90 Å². The van der Waals surface area contributed by atoms with Crippen molar-refractivity contribution >= 4 is 5.97 Å². The van der Waals surface area contributed by atoms with Crippen molar-refractivity contribution in [3.8, 4) is 11.8 Å². The second-order valence-corrected chi connectivity index (χ2v) is 3.40. The fourth-order valence-electron chi connectivity index (χ4n) is 1.73. The van der Waals surface area contributed by atoms with Gasteiger partial charge in [0.15, 0.2) is 0 Å². The van der Waals surface area contributed by atoms with Crippen LogP contribution < -0.4 is 0 Å². The minimum atomic E-state index is -0.438. The molecule has 1 rings (SSSR count). The average Bonchev–Trinajstić information content (AvgIpc) is 2.26. The molecule has 14 heavy (non-hydrogen) atoms. The number of piperidine rings is 1. The van der Waals surface area contributed by atoms with Crippen molar-refractivity contribution in [3.05, 3.63) is 0 Å². The maximum absolute atomic E-state index is 10.8. The van der Waals surface area contributed by atoms with Gasteiger partial charge in [0.05, 0.1) is 13.2 Å². The van der Waals surface area contributed by atoms with E-state index in [4.69, 9.17) is 0 Å². The lowest BCUT2D eigenvalue weighted by Gasteiger charge is -2.31. The molecule has 0 aromatic rings. The molecule has 0 aliphatic carbocycles. The highest BCUT2D eigenvalue weighted by Crippen LogP contribution is 2.15. The summed E-state index contributed by atoms with van der Waals surface area (Å²) in [6.07, 6.45) is 3.51. The Bertz CT molecular complexity index is 252. The summed E-state index contributed by atoms with van der Waals surface area (Å²) in [4.78, 5) is 13.1. The number of likely N-dealkylation sites (tertiary alicyclic amines) is 1. The van der Waals surface area contributed by atoms with Crippen LogP contribution in [-0.4, -0.2) is 37.1 Å². The largest absolute Gasteiger partial charge is 0.459 e. The zero-order valence-electron chi connectivity index (χ0n) is 8.88. The van der Waals surface area contributed by atoms with Crippen LogP contribution in [0.15, 0.2) is 0 Å². The number of esters is 1. The lowest BCUT2D eigenvalue weighted by molar-refractivity contribution is -0.133. The summed E-state index contributed by atoms with van der Waals surface area (Å²) in [6, 6.07) is 0.243. The van der Waals surface area contributed by atoms with Crippen molar-refractivity contribution in [2.75, 3.05) is 20.2 Å². The Morgan fingerprint density at radius 3 is 3.00 bits per heavy atom. The van der Waals surface area contributed by atoms with E-state index in [1.165, 1.54) is 20.0 Å². The molecule has 1 saturated heterocycles. The molecule has 78 valence electrons. The molecule has 0 N–H and O–H groups in total. The fourth-order valence-corrected chi connectivity index (χ4v) is 1.73. The SMILES string of the molecule is CCN1CCCCC1C#CC(=O)OC. The first kappa shape index (κ1) is 11.1. The molecule has 1 fully saturated rings. The van der Waals surface area contributed by atoms with E-state index in [2.05, 4.69) is 28.4 Å². The van der Waals surface area contributed by atoms with Gasteiger partial charge in [-0.2, -0.15) is 0 Å². The number of carbonyl (C=O) groups is 1. The predicted octanol–water partition coefficient (Wildman–Crippen LogP) is 1.04. The van der Waals surface area contributed by atoms with Crippen LogP contribution in [0.1, 0.15) is 26.2 Å². The van der Waals surface area contributed by atoms with Gasteiger partial charge in [-0.25, -0.2) is 4.79 Å². The van der Waals surface area contributed by atoms with Crippen molar-refractivity contribution < 1.29 is 9.53 Å². The molecule has 0 spiro atoms. The Hall–Kier alpha value is -1.01. The quantitative estimate of drug-likeness (QED) is 0.355. The third-order valence-electron chi connectivity index (χ3n) is 2.55. The lowest BCUT2D eigenvalue weighted by atomic mass is 10.0. The first-order chi connectivity index (χ1) is 6.77. The van der Waals surface area contributed by atoms with Gasteiger partial charge in [0.1, 0.15) is 0 Å². The first-order valence-corrected chi connectivity index (χ1v) is 5.11. The molecular formula is C11H17NO2. The zero-order chi connectivity index (χ0) is 10.4. The van der Waals surface area contributed by atoms with Crippen LogP contribution in [-0.2, 0) is 9.53 Å². The highest BCUT2D eigenvalue weighted by atomic mass is 16.5. The Balaban J connectivity index is 2.54. The van der Waals surface area contributed by atoms with Crippen LogP contribution in [0.3, 0.4) is 0 Å². The third kappa shape index (κ3) is 3.04. The minimum Gasteiger partial charge on any atom is -0.459 e. The molecule has 3 nitrogen and oxygen atoms in total. The number of carbonyl (C=O) groups excluding carboxylic acids is 1. The standard InChI is InChI=1S/C11H17NO2/c1-3-12-9-5-4-6-10(12)7-8-11(13)14-2/h10H,3-6,9H2,1-2H3. The number of rotatable bonds is 1. The monoisotopic (exact) mass is 195 g/mol. The van der Waals surface area contributed by atoms with Gasteiger partial charge < -0.3 is 4.74 Å². The van der Waals surface area contributed by atoms with E-state index in [9.17, 15) is 4.79 Å². The summed E-state index contributed by atoms with van der Waals surface area (Å²) in [5.41, 5.74) is 0. The number of nitrogens with zero attached hydrogens (tertiary/aromatic N) is 1. The molecule has 0 aromatic carbocycles. The molecule has 1 aliphatic rings. The van der Waals surface area contributed by atoms with Crippen LogP contribution in [0.2, 0.25) is 0 Å². The van der Waals surface area contributed by atoms with E-state index < -0.39 is 5.97 Å². The summed E-state index contributed by atoms with van der Waals surface area (Å²) in [5.74, 6) is 5.05. The van der Waals surface area contributed by atoms with Gasteiger partial charge in [-0.15, -0.1) is 0 Å². The minimum absolute atomic E-state index is 0.243. The molecule has 0 bridgehead atoms. The molecule has 0 amide bonds.